The van der Waals surface area contributed by atoms with Gasteiger partial charge in [-0.1, -0.05) is 13.8 Å². The van der Waals surface area contributed by atoms with Crippen LogP contribution in [0.5, 0.6) is 0 Å². The van der Waals surface area contributed by atoms with Gasteiger partial charge >= 0.3 is 5.96 Å². The van der Waals surface area contributed by atoms with Crippen LogP contribution in [0.4, 0.5) is 0 Å². The first-order valence-electron chi connectivity index (χ1n) is 4.32. The highest BCUT2D eigenvalue weighted by molar-refractivity contribution is 6.11. The molecule has 0 saturated carbocycles. The minimum absolute atomic E-state index is 0.0209. The van der Waals surface area contributed by atoms with Crippen LogP contribution in [0.2, 0.25) is 0 Å². The molecule has 0 spiro atoms. The molecule has 1 heterocycles. The molecule has 5 nitrogen and oxygen atoms in total. The second-order valence-electron chi connectivity index (χ2n) is 3.11. The first-order valence-corrected chi connectivity index (χ1v) is 4.32. The quantitative estimate of drug-likeness (QED) is 0.427. The second-order valence-corrected chi connectivity index (χ2v) is 3.11. The molecule has 13 heavy (non-hydrogen) atoms. The van der Waals surface area contributed by atoms with E-state index in [1.807, 2.05) is 13.8 Å². The zero-order valence-corrected chi connectivity index (χ0v) is 7.81. The summed E-state index contributed by atoms with van der Waals surface area (Å²) >= 11 is 0. The number of rotatable bonds is 2. The number of amides is 2. The molecule has 0 unspecified atom stereocenters. The second kappa shape index (κ2) is 3.16. The Balaban J connectivity index is 3.11. The van der Waals surface area contributed by atoms with Gasteiger partial charge in [-0.2, -0.15) is 0 Å². The summed E-state index contributed by atoms with van der Waals surface area (Å²) in [5.74, 6) is -0.593. The molecule has 72 valence electrons. The van der Waals surface area contributed by atoms with Gasteiger partial charge in [-0.3, -0.25) is 15.3 Å². The lowest BCUT2D eigenvalue weighted by Gasteiger charge is -2.25. The number of hydrogen-bond acceptors (Lipinski definition) is 3. The fourth-order valence-electron chi connectivity index (χ4n) is 1.51. The molecule has 1 aliphatic heterocycles. The van der Waals surface area contributed by atoms with Crippen LogP contribution in [-0.2, 0) is 9.59 Å². The lowest BCUT2D eigenvalue weighted by Crippen LogP contribution is -2.90. The highest BCUT2D eigenvalue weighted by Crippen LogP contribution is 2.25. The first kappa shape index (κ1) is 9.70. The molecule has 1 rings (SSSR count). The minimum Gasteiger partial charge on any atom is -0.290 e. The Morgan fingerprint density at radius 2 is 1.92 bits per heavy atom. The van der Waals surface area contributed by atoms with Gasteiger partial charge in [0.2, 0.25) is 0 Å². The standard InChI is InChI=1S/C8H13N3O2/c1-3-8(4-2)5(12)10-7(9)11-6(8)13/h3-4H2,1-2H3,(H3,9,10,11,12,13)/p+1. The average molecular weight is 184 g/mol. The van der Waals surface area contributed by atoms with E-state index in [0.717, 1.165) is 0 Å². The normalized spacial score (nSPS) is 20.9. The largest absolute Gasteiger partial charge is 0.355 e. The van der Waals surface area contributed by atoms with E-state index in [0.29, 0.717) is 12.8 Å². The molecule has 4 N–H and O–H groups in total. The Kier molecular flexibility index (Phi) is 2.36. The van der Waals surface area contributed by atoms with E-state index in [4.69, 9.17) is 5.73 Å². The summed E-state index contributed by atoms with van der Waals surface area (Å²) in [6.45, 7) is 3.62. The van der Waals surface area contributed by atoms with E-state index in [-0.39, 0.29) is 17.8 Å². The molecule has 0 aromatic heterocycles. The minimum atomic E-state index is -0.942. The lowest BCUT2D eigenvalue weighted by atomic mass is 9.80. The molecule has 0 radical (unpaired) electrons. The molecule has 5 heteroatoms. The van der Waals surface area contributed by atoms with Crippen molar-refractivity contribution >= 4 is 17.8 Å². The van der Waals surface area contributed by atoms with Crippen LogP contribution in [0.1, 0.15) is 26.7 Å². The van der Waals surface area contributed by atoms with Crippen molar-refractivity contribution in [3.63, 3.8) is 0 Å². The van der Waals surface area contributed by atoms with Crippen molar-refractivity contribution in [1.82, 2.24) is 5.32 Å². The van der Waals surface area contributed by atoms with Crippen molar-refractivity contribution in [2.45, 2.75) is 26.7 Å². The first-order chi connectivity index (χ1) is 6.06. The van der Waals surface area contributed by atoms with Gasteiger partial charge in [-0.15, -0.1) is 0 Å². The maximum absolute atomic E-state index is 11.5. The number of hydrogen-bond donors (Lipinski definition) is 3. The summed E-state index contributed by atoms with van der Waals surface area (Å²) in [5.41, 5.74) is 4.36. The molecular weight excluding hydrogens is 170 g/mol. The van der Waals surface area contributed by atoms with Crippen molar-refractivity contribution < 1.29 is 14.6 Å². The molecule has 0 fully saturated rings. The highest BCUT2D eigenvalue weighted by atomic mass is 16.2. The number of carbonyl (C=O) groups is 2. The molecule has 0 aliphatic carbocycles. The Morgan fingerprint density at radius 3 is 2.31 bits per heavy atom. The Labute approximate surface area is 76.4 Å². The molecular formula is C8H14N3O2+. The molecule has 2 amide bonds. The molecule has 0 bridgehead atoms. The third-order valence-corrected chi connectivity index (χ3v) is 2.57. The van der Waals surface area contributed by atoms with Crippen LogP contribution in [0.15, 0.2) is 0 Å². The van der Waals surface area contributed by atoms with Gasteiger partial charge in [0.15, 0.2) is 5.41 Å². The predicted octanol–water partition coefficient (Wildman–Crippen LogP) is -2.16. The average Bonchev–Trinajstić information content (AvgIpc) is 2.05. The van der Waals surface area contributed by atoms with Gasteiger partial charge in [0.05, 0.1) is 0 Å². The summed E-state index contributed by atoms with van der Waals surface area (Å²) in [7, 11) is 0. The monoisotopic (exact) mass is 184 g/mol. The zero-order chi connectivity index (χ0) is 10.1. The van der Waals surface area contributed by atoms with Crippen molar-refractivity contribution in [2.75, 3.05) is 0 Å². The zero-order valence-electron chi connectivity index (χ0n) is 7.81. The van der Waals surface area contributed by atoms with E-state index in [2.05, 4.69) is 10.3 Å². The van der Waals surface area contributed by atoms with Gasteiger partial charge in [-0.05, 0) is 12.8 Å². The van der Waals surface area contributed by atoms with E-state index >= 15 is 0 Å². The van der Waals surface area contributed by atoms with Gasteiger partial charge in [0.1, 0.15) is 0 Å². The van der Waals surface area contributed by atoms with Crippen LogP contribution < -0.4 is 16.0 Å². The van der Waals surface area contributed by atoms with Crippen molar-refractivity contribution in [3.8, 4) is 0 Å². The van der Waals surface area contributed by atoms with Gasteiger partial charge < -0.3 is 0 Å². The molecule has 1 aliphatic rings. The Hall–Kier alpha value is -1.39. The maximum atomic E-state index is 11.5. The fourth-order valence-corrected chi connectivity index (χ4v) is 1.51. The SMILES string of the molecule is CCC1(CC)C(=O)NC(N)=[NH+]C1=O. The van der Waals surface area contributed by atoms with Crippen LogP contribution >= 0.6 is 0 Å². The summed E-state index contributed by atoms with van der Waals surface area (Å²) in [4.78, 5) is 25.5. The topological polar surface area (TPSA) is 86.2 Å². The summed E-state index contributed by atoms with van der Waals surface area (Å²) in [6.07, 6.45) is 0.961. The molecule has 0 aromatic rings. The van der Waals surface area contributed by atoms with Crippen molar-refractivity contribution in [1.29, 1.82) is 0 Å². The summed E-state index contributed by atoms with van der Waals surface area (Å²) < 4.78 is 0. The third kappa shape index (κ3) is 1.30. The van der Waals surface area contributed by atoms with E-state index < -0.39 is 5.41 Å². The van der Waals surface area contributed by atoms with Crippen LogP contribution in [0.3, 0.4) is 0 Å². The van der Waals surface area contributed by atoms with Gasteiger partial charge in [0.25, 0.3) is 11.8 Å². The molecule has 0 atom stereocenters. The Bertz CT molecular complexity index is 279. The Morgan fingerprint density at radius 1 is 1.38 bits per heavy atom. The van der Waals surface area contributed by atoms with Gasteiger partial charge in [0, 0.05) is 0 Å². The number of nitrogens with two attached hydrogens (primary N) is 1. The highest BCUT2D eigenvalue weighted by Gasteiger charge is 2.48. The van der Waals surface area contributed by atoms with E-state index in [9.17, 15) is 9.59 Å². The number of nitrogens with one attached hydrogen (secondary N) is 2. The molecule has 0 aromatic carbocycles. The van der Waals surface area contributed by atoms with Crippen molar-refractivity contribution in [3.05, 3.63) is 0 Å². The summed E-state index contributed by atoms with van der Waals surface area (Å²) in [6, 6.07) is 0. The predicted molar refractivity (Wildman–Crippen MR) is 46.3 cm³/mol. The van der Waals surface area contributed by atoms with Gasteiger partial charge in [-0.25, -0.2) is 10.3 Å². The van der Waals surface area contributed by atoms with Crippen LogP contribution in [0, 0.1) is 5.41 Å². The maximum Gasteiger partial charge on any atom is 0.355 e. The molecule has 0 saturated heterocycles. The lowest BCUT2D eigenvalue weighted by molar-refractivity contribution is -0.393. The van der Waals surface area contributed by atoms with Crippen molar-refractivity contribution in [2.24, 2.45) is 11.1 Å². The van der Waals surface area contributed by atoms with Crippen LogP contribution in [-0.4, -0.2) is 17.8 Å². The van der Waals surface area contributed by atoms with Crippen LogP contribution in [0.25, 0.3) is 0 Å². The van der Waals surface area contributed by atoms with E-state index in [1.165, 1.54) is 0 Å². The number of carbonyl (C=O) groups excluding carboxylic acids is 2. The number of guanidine groups is 1. The van der Waals surface area contributed by atoms with E-state index in [1.54, 1.807) is 0 Å². The third-order valence-electron chi connectivity index (χ3n) is 2.57. The summed E-state index contributed by atoms with van der Waals surface area (Å²) in [5, 5.41) is 2.43. The smallest absolute Gasteiger partial charge is 0.290 e. The fraction of sp³-hybridized carbons (Fsp3) is 0.625.